The van der Waals surface area contributed by atoms with Crippen molar-refractivity contribution in [2.45, 2.75) is 67.3 Å². The van der Waals surface area contributed by atoms with Gasteiger partial charge in [0.05, 0.1) is 34.0 Å². The van der Waals surface area contributed by atoms with E-state index in [1.807, 2.05) is 94.6 Å². The third-order valence-electron chi connectivity index (χ3n) is 10.8. The first-order chi connectivity index (χ1) is 24.6. The third kappa shape index (κ3) is 5.39. The lowest BCUT2D eigenvalue weighted by Crippen LogP contribution is -2.43. The minimum absolute atomic E-state index is 0.133. The molecule has 1 aliphatic rings. The number of carbonyl (C=O) groups is 2. The molecular weight excluding hydrogens is 697 g/mol. The largest absolute Gasteiger partial charge is 0.494 e. The molecule has 1 aliphatic heterocycles. The van der Waals surface area contributed by atoms with Gasteiger partial charge in [-0.15, -0.1) is 0 Å². The molecule has 1 atom stereocenters. The molecular formula is C41H43Cl2N5O4. The summed E-state index contributed by atoms with van der Waals surface area (Å²) in [6.07, 6.45) is 1.24. The standard InChI is InChI=1S/C41H43Cl2N5O4/c1-20-12-15-31-32(24(5)37(41(50)51)45(31)8)36(20)47-19-23(4)48-38-29(13-14-30(42)34(38)33-25(6)44-46(9)26(33)7)28(39(48)40(47)49)11-10-16-52-27-17-21(2)35(43)22(3)18-27/h12-15,17-18,23H,10-11,16,19H2,1-9H3,(H,50,51)/t23-/m1/s1. The van der Waals surface area contributed by atoms with Gasteiger partial charge >= 0.3 is 5.97 Å². The van der Waals surface area contributed by atoms with Crippen LogP contribution in [0.3, 0.4) is 0 Å². The number of carbonyl (C=O) groups excluding carboxylic acids is 1. The summed E-state index contributed by atoms with van der Waals surface area (Å²) >= 11 is 13.5. The van der Waals surface area contributed by atoms with E-state index >= 15 is 4.79 Å². The number of amides is 1. The molecule has 11 heteroatoms. The number of carboxylic acid groups (broad SMARTS) is 1. The first-order valence-electron chi connectivity index (χ1n) is 17.5. The van der Waals surface area contributed by atoms with Gasteiger partial charge in [0.25, 0.3) is 5.91 Å². The number of halogens is 2. The van der Waals surface area contributed by atoms with E-state index in [1.54, 1.807) is 11.6 Å². The molecule has 0 bridgehead atoms. The van der Waals surface area contributed by atoms with Crippen molar-refractivity contribution in [2.24, 2.45) is 14.1 Å². The number of aromatic carboxylic acids is 1. The van der Waals surface area contributed by atoms with E-state index in [2.05, 4.69) is 11.5 Å². The van der Waals surface area contributed by atoms with Crippen LogP contribution in [0.15, 0.2) is 36.4 Å². The van der Waals surface area contributed by atoms with Gasteiger partial charge in [0.2, 0.25) is 0 Å². The molecule has 0 saturated heterocycles. The quantitative estimate of drug-likeness (QED) is 0.157. The highest BCUT2D eigenvalue weighted by Gasteiger charge is 2.38. The summed E-state index contributed by atoms with van der Waals surface area (Å²) in [7, 11) is 3.69. The second-order valence-corrected chi connectivity index (χ2v) is 15.0. The molecule has 0 spiro atoms. The van der Waals surface area contributed by atoms with Crippen molar-refractivity contribution in [2.75, 3.05) is 18.1 Å². The topological polar surface area (TPSA) is 94.5 Å². The van der Waals surface area contributed by atoms with E-state index < -0.39 is 5.97 Å². The van der Waals surface area contributed by atoms with E-state index in [4.69, 9.17) is 33.0 Å². The number of aromatic nitrogens is 4. The molecule has 3 aromatic heterocycles. The maximum absolute atomic E-state index is 15.2. The molecule has 0 fully saturated rings. The molecule has 270 valence electrons. The van der Waals surface area contributed by atoms with Gasteiger partial charge in [0.1, 0.15) is 17.1 Å². The van der Waals surface area contributed by atoms with Gasteiger partial charge in [-0.25, -0.2) is 4.79 Å². The average molecular weight is 741 g/mol. The van der Waals surface area contributed by atoms with Gasteiger partial charge in [-0.2, -0.15) is 5.10 Å². The van der Waals surface area contributed by atoms with E-state index in [0.717, 1.165) is 83.0 Å². The molecule has 3 aromatic carbocycles. The maximum atomic E-state index is 15.2. The van der Waals surface area contributed by atoms with Crippen LogP contribution in [-0.4, -0.2) is 49.0 Å². The molecule has 52 heavy (non-hydrogen) atoms. The normalized spacial score (nSPS) is 14.6. The summed E-state index contributed by atoms with van der Waals surface area (Å²) < 4.78 is 12.0. The Kier molecular flexibility index (Phi) is 8.94. The summed E-state index contributed by atoms with van der Waals surface area (Å²) in [4.78, 5) is 29.4. The van der Waals surface area contributed by atoms with Crippen LogP contribution < -0.4 is 9.64 Å². The van der Waals surface area contributed by atoms with Crippen molar-refractivity contribution in [1.29, 1.82) is 0 Å². The summed E-state index contributed by atoms with van der Waals surface area (Å²) in [5, 5.41) is 17.9. The first kappa shape index (κ1) is 35.7. The predicted octanol–water partition coefficient (Wildman–Crippen LogP) is 9.62. The van der Waals surface area contributed by atoms with Crippen LogP contribution in [0.25, 0.3) is 32.9 Å². The van der Waals surface area contributed by atoms with Crippen LogP contribution in [0.2, 0.25) is 10.0 Å². The summed E-state index contributed by atoms with van der Waals surface area (Å²) in [6.45, 7) is 14.7. The van der Waals surface area contributed by atoms with Crippen LogP contribution in [0.5, 0.6) is 5.75 Å². The van der Waals surface area contributed by atoms with Crippen LogP contribution in [-0.2, 0) is 20.5 Å². The van der Waals surface area contributed by atoms with Gasteiger partial charge in [0, 0.05) is 59.3 Å². The van der Waals surface area contributed by atoms with Gasteiger partial charge < -0.3 is 23.9 Å². The zero-order valence-corrected chi connectivity index (χ0v) is 32.5. The molecule has 0 unspecified atom stereocenters. The SMILES string of the molecule is Cc1cc(OCCCc2c3n(c4c(-c5c(C)nn(C)c5C)c(Cl)ccc24)[C@H](C)CN(c2c(C)ccc4c2c(C)c(C(=O)O)n4C)C3=O)cc(C)c1Cl. The Balaban J connectivity index is 1.41. The highest BCUT2D eigenvalue weighted by molar-refractivity contribution is 6.35. The Labute approximate surface area is 313 Å². The fraction of sp³-hybridized carbons (Fsp3) is 0.341. The molecule has 1 N–H and O–H groups in total. The van der Waals surface area contributed by atoms with E-state index in [-0.39, 0.29) is 17.6 Å². The van der Waals surface area contributed by atoms with Gasteiger partial charge in [0.15, 0.2) is 0 Å². The maximum Gasteiger partial charge on any atom is 0.352 e. The number of fused-ring (bicyclic) bond motifs is 4. The molecule has 0 radical (unpaired) electrons. The summed E-state index contributed by atoms with van der Waals surface area (Å²) in [5.41, 5.74) is 11.3. The van der Waals surface area contributed by atoms with Crippen molar-refractivity contribution in [3.63, 3.8) is 0 Å². The first-order valence-corrected chi connectivity index (χ1v) is 18.3. The molecule has 0 saturated carbocycles. The number of anilines is 1. The van der Waals surface area contributed by atoms with Crippen LogP contribution in [0, 0.1) is 41.5 Å². The van der Waals surface area contributed by atoms with Crippen molar-refractivity contribution in [3.05, 3.63) is 97.0 Å². The Morgan fingerprint density at radius 2 is 1.67 bits per heavy atom. The molecule has 9 nitrogen and oxygen atoms in total. The fourth-order valence-corrected chi connectivity index (χ4v) is 8.75. The summed E-state index contributed by atoms with van der Waals surface area (Å²) in [5.74, 6) is -0.373. The monoisotopic (exact) mass is 739 g/mol. The van der Waals surface area contributed by atoms with Gasteiger partial charge in [-0.1, -0.05) is 35.3 Å². The average Bonchev–Trinajstić information content (AvgIpc) is 3.65. The highest BCUT2D eigenvalue weighted by Crippen LogP contribution is 2.46. The Bertz CT molecular complexity index is 2460. The number of rotatable bonds is 8. The summed E-state index contributed by atoms with van der Waals surface area (Å²) in [6, 6.07) is 11.6. The van der Waals surface area contributed by atoms with Crippen molar-refractivity contribution in [1.82, 2.24) is 18.9 Å². The minimum atomic E-state index is -1.00. The van der Waals surface area contributed by atoms with Gasteiger partial charge in [-0.05, 0) is 113 Å². The van der Waals surface area contributed by atoms with Crippen molar-refractivity contribution in [3.8, 4) is 16.9 Å². The Hall–Kier alpha value is -4.73. The number of nitrogens with zero attached hydrogens (tertiary/aromatic N) is 5. The van der Waals surface area contributed by atoms with Crippen molar-refractivity contribution < 1.29 is 19.4 Å². The molecule has 1 amide bonds. The number of hydrogen-bond acceptors (Lipinski definition) is 4. The molecule has 0 aliphatic carbocycles. The Morgan fingerprint density at radius 1 is 0.981 bits per heavy atom. The molecule has 6 aromatic rings. The number of aryl methyl sites for hydroxylation is 8. The van der Waals surface area contributed by atoms with Crippen LogP contribution >= 0.6 is 23.2 Å². The van der Waals surface area contributed by atoms with Crippen molar-refractivity contribution >= 4 is 62.6 Å². The highest BCUT2D eigenvalue weighted by atomic mass is 35.5. The van der Waals surface area contributed by atoms with Crippen LogP contribution in [0.1, 0.15) is 79.6 Å². The Morgan fingerprint density at radius 3 is 2.31 bits per heavy atom. The predicted molar refractivity (Wildman–Crippen MR) is 209 cm³/mol. The number of benzene rings is 3. The lowest BCUT2D eigenvalue weighted by Gasteiger charge is -2.35. The number of ether oxygens (including phenoxy) is 1. The lowest BCUT2D eigenvalue weighted by atomic mass is 9.98. The van der Waals surface area contributed by atoms with E-state index in [0.29, 0.717) is 42.3 Å². The molecule has 4 heterocycles. The van der Waals surface area contributed by atoms with Gasteiger partial charge in [-0.3, -0.25) is 9.48 Å². The zero-order valence-electron chi connectivity index (χ0n) is 31.0. The fourth-order valence-electron chi connectivity index (χ4n) is 8.40. The second kappa shape index (κ2) is 13.0. The zero-order chi connectivity index (χ0) is 37.5. The minimum Gasteiger partial charge on any atom is -0.494 e. The second-order valence-electron chi connectivity index (χ2n) is 14.2. The third-order valence-corrected chi connectivity index (χ3v) is 11.7. The van der Waals surface area contributed by atoms with Crippen LogP contribution in [0.4, 0.5) is 5.69 Å². The molecule has 7 rings (SSSR count). The van der Waals surface area contributed by atoms with E-state index in [9.17, 15) is 9.90 Å². The van der Waals surface area contributed by atoms with E-state index in [1.165, 1.54) is 0 Å². The number of hydrogen-bond donors (Lipinski definition) is 1. The lowest BCUT2D eigenvalue weighted by molar-refractivity contribution is 0.0686. The number of carboxylic acids is 1. The smallest absolute Gasteiger partial charge is 0.352 e.